The van der Waals surface area contributed by atoms with E-state index in [1.807, 2.05) is 0 Å². The van der Waals surface area contributed by atoms with Crippen LogP contribution in [-0.4, -0.2) is 7.11 Å². The summed E-state index contributed by atoms with van der Waals surface area (Å²) >= 11 is 12.0. The maximum absolute atomic E-state index is 13.8. The number of nitrogens with two attached hydrogens (primary N) is 1. The Morgan fingerprint density at radius 1 is 1.15 bits per heavy atom. The van der Waals surface area contributed by atoms with Gasteiger partial charge in [-0.25, -0.2) is 4.39 Å². The molecule has 2 rings (SSSR count). The molecule has 2 aromatic rings. The Kier molecular flexibility index (Phi) is 4.57. The third-order valence-corrected chi connectivity index (χ3v) is 3.21. The average Bonchev–Trinajstić information content (AvgIpc) is 2.39. The molecule has 0 fully saturated rings. The van der Waals surface area contributed by atoms with Crippen molar-refractivity contribution in [1.82, 2.24) is 0 Å². The molecule has 0 aliphatic carbocycles. The van der Waals surface area contributed by atoms with E-state index in [4.69, 9.17) is 38.4 Å². The van der Waals surface area contributed by atoms with Crippen LogP contribution in [-0.2, 0) is 6.61 Å². The fourth-order valence-corrected chi connectivity index (χ4v) is 2.25. The third kappa shape index (κ3) is 3.26. The highest BCUT2D eigenvalue weighted by molar-refractivity contribution is 6.37. The largest absolute Gasteiger partial charge is 0.497 e. The molecule has 0 aliphatic rings. The van der Waals surface area contributed by atoms with Crippen LogP contribution in [0.15, 0.2) is 30.3 Å². The van der Waals surface area contributed by atoms with Crippen molar-refractivity contribution in [2.24, 2.45) is 0 Å². The summed E-state index contributed by atoms with van der Waals surface area (Å²) in [5, 5.41) is 0.563. The van der Waals surface area contributed by atoms with Gasteiger partial charge < -0.3 is 15.2 Å². The Balaban J connectivity index is 2.17. The summed E-state index contributed by atoms with van der Waals surface area (Å²) in [7, 11) is 1.47. The van der Waals surface area contributed by atoms with E-state index in [-0.39, 0.29) is 22.4 Å². The van der Waals surface area contributed by atoms with Crippen molar-refractivity contribution in [3.8, 4) is 11.5 Å². The van der Waals surface area contributed by atoms with Gasteiger partial charge in [0.15, 0.2) is 5.75 Å². The van der Waals surface area contributed by atoms with Gasteiger partial charge in [-0.15, -0.1) is 0 Å². The maximum Gasteiger partial charge on any atom is 0.157 e. The van der Waals surface area contributed by atoms with Crippen LogP contribution in [0.2, 0.25) is 10.0 Å². The first-order valence-electron chi connectivity index (χ1n) is 5.71. The molecule has 0 saturated carbocycles. The number of methoxy groups -OCH3 is 1. The van der Waals surface area contributed by atoms with Gasteiger partial charge in [0.05, 0.1) is 17.2 Å². The average molecular weight is 316 g/mol. The van der Waals surface area contributed by atoms with Crippen LogP contribution in [0.1, 0.15) is 5.56 Å². The minimum atomic E-state index is -0.424. The van der Waals surface area contributed by atoms with Crippen LogP contribution in [0.5, 0.6) is 11.5 Å². The number of halogens is 3. The molecule has 0 radical (unpaired) electrons. The van der Waals surface area contributed by atoms with Crippen molar-refractivity contribution < 1.29 is 13.9 Å². The molecule has 0 unspecified atom stereocenters. The van der Waals surface area contributed by atoms with Gasteiger partial charge in [0.1, 0.15) is 18.2 Å². The van der Waals surface area contributed by atoms with Crippen molar-refractivity contribution >= 4 is 28.9 Å². The van der Waals surface area contributed by atoms with E-state index in [1.165, 1.54) is 25.3 Å². The minimum absolute atomic E-state index is 0.000808. The van der Waals surface area contributed by atoms with Crippen LogP contribution in [0.25, 0.3) is 0 Å². The van der Waals surface area contributed by atoms with Crippen LogP contribution in [0, 0.1) is 5.82 Å². The van der Waals surface area contributed by atoms with Gasteiger partial charge in [-0.2, -0.15) is 0 Å². The highest BCUT2D eigenvalue weighted by atomic mass is 35.5. The molecule has 106 valence electrons. The van der Waals surface area contributed by atoms with Crippen LogP contribution in [0.4, 0.5) is 10.1 Å². The summed E-state index contributed by atoms with van der Waals surface area (Å²) in [4.78, 5) is 0. The second kappa shape index (κ2) is 6.20. The number of benzene rings is 2. The molecule has 0 amide bonds. The molecular weight excluding hydrogens is 304 g/mol. The summed E-state index contributed by atoms with van der Waals surface area (Å²) in [5.41, 5.74) is 6.40. The molecular formula is C14H12Cl2FNO2. The van der Waals surface area contributed by atoms with E-state index in [2.05, 4.69) is 0 Å². The first kappa shape index (κ1) is 14.8. The molecule has 0 aromatic heterocycles. The molecule has 3 nitrogen and oxygen atoms in total. The fraction of sp³-hybridized carbons (Fsp3) is 0.143. The molecule has 0 saturated heterocycles. The summed E-state index contributed by atoms with van der Waals surface area (Å²) < 4.78 is 24.1. The quantitative estimate of drug-likeness (QED) is 0.855. The molecule has 6 heteroatoms. The predicted octanol–water partition coefficient (Wildman–Crippen LogP) is 4.30. The summed E-state index contributed by atoms with van der Waals surface area (Å²) in [5.74, 6) is 0.291. The Morgan fingerprint density at radius 3 is 2.35 bits per heavy atom. The lowest BCUT2D eigenvalue weighted by molar-refractivity contribution is 0.299. The minimum Gasteiger partial charge on any atom is -0.497 e. The van der Waals surface area contributed by atoms with Crippen LogP contribution < -0.4 is 15.2 Å². The maximum atomic E-state index is 13.8. The number of anilines is 1. The normalized spacial score (nSPS) is 10.4. The van der Waals surface area contributed by atoms with E-state index < -0.39 is 5.82 Å². The van der Waals surface area contributed by atoms with E-state index >= 15 is 0 Å². The van der Waals surface area contributed by atoms with E-state index in [1.54, 1.807) is 12.1 Å². The molecule has 0 atom stereocenters. The molecule has 0 bridgehead atoms. The predicted molar refractivity (Wildman–Crippen MR) is 78.2 cm³/mol. The number of hydrogen-bond donors (Lipinski definition) is 1. The molecule has 2 N–H and O–H groups in total. The molecule has 0 aliphatic heterocycles. The van der Waals surface area contributed by atoms with Gasteiger partial charge in [0.2, 0.25) is 0 Å². The van der Waals surface area contributed by atoms with Gasteiger partial charge in [-0.3, -0.25) is 0 Å². The summed E-state index contributed by atoms with van der Waals surface area (Å²) in [6, 6.07) is 7.55. The van der Waals surface area contributed by atoms with Crippen LogP contribution >= 0.6 is 23.2 Å². The van der Waals surface area contributed by atoms with Gasteiger partial charge in [-0.05, 0) is 24.3 Å². The zero-order chi connectivity index (χ0) is 14.7. The van der Waals surface area contributed by atoms with Crippen molar-refractivity contribution in [3.05, 3.63) is 51.8 Å². The topological polar surface area (TPSA) is 44.5 Å². The van der Waals surface area contributed by atoms with Crippen molar-refractivity contribution in [1.29, 1.82) is 0 Å². The highest BCUT2D eigenvalue weighted by Crippen LogP contribution is 2.35. The first-order chi connectivity index (χ1) is 9.51. The number of hydrogen-bond acceptors (Lipinski definition) is 3. The van der Waals surface area contributed by atoms with Crippen molar-refractivity contribution in [2.75, 3.05) is 12.8 Å². The first-order valence-corrected chi connectivity index (χ1v) is 6.46. The third-order valence-electron chi connectivity index (χ3n) is 2.65. The Morgan fingerprint density at radius 2 is 1.80 bits per heavy atom. The smallest absolute Gasteiger partial charge is 0.157 e. The van der Waals surface area contributed by atoms with E-state index in [0.29, 0.717) is 17.0 Å². The number of rotatable bonds is 4. The second-order valence-electron chi connectivity index (χ2n) is 4.06. The molecule has 2 aromatic carbocycles. The van der Waals surface area contributed by atoms with Gasteiger partial charge in [-0.1, -0.05) is 23.2 Å². The lowest BCUT2D eigenvalue weighted by Crippen LogP contribution is -2.00. The second-order valence-corrected chi connectivity index (χ2v) is 4.87. The number of nitrogen functional groups attached to an aromatic ring is 1. The van der Waals surface area contributed by atoms with Gasteiger partial charge in [0.25, 0.3) is 0 Å². The Labute approximate surface area is 126 Å². The zero-order valence-electron chi connectivity index (χ0n) is 10.6. The Bertz CT molecular complexity index is 612. The highest BCUT2D eigenvalue weighted by Gasteiger charge is 2.11. The zero-order valence-corrected chi connectivity index (χ0v) is 12.1. The lowest BCUT2D eigenvalue weighted by Gasteiger charge is -2.11. The lowest BCUT2D eigenvalue weighted by atomic mass is 10.2. The molecule has 0 spiro atoms. The molecule has 0 heterocycles. The summed E-state index contributed by atoms with van der Waals surface area (Å²) in [6.45, 7) is -0.000808. The number of ether oxygens (including phenoxy) is 2. The monoisotopic (exact) mass is 315 g/mol. The van der Waals surface area contributed by atoms with Gasteiger partial charge >= 0.3 is 0 Å². The fourth-order valence-electron chi connectivity index (χ4n) is 1.64. The standard InChI is InChI=1S/C14H12Cl2FNO2/c1-19-10-3-2-8(13(17)6-10)7-20-14-11(15)4-9(18)5-12(14)16/h2-6H,7,18H2,1H3. The SMILES string of the molecule is COc1ccc(COc2c(Cl)cc(N)cc2Cl)c(F)c1. The van der Waals surface area contributed by atoms with E-state index in [0.717, 1.165) is 0 Å². The summed E-state index contributed by atoms with van der Waals surface area (Å²) in [6.07, 6.45) is 0. The van der Waals surface area contributed by atoms with Crippen molar-refractivity contribution in [2.45, 2.75) is 6.61 Å². The van der Waals surface area contributed by atoms with Crippen molar-refractivity contribution in [3.63, 3.8) is 0 Å². The Hall–Kier alpha value is -1.65. The van der Waals surface area contributed by atoms with E-state index in [9.17, 15) is 4.39 Å². The van der Waals surface area contributed by atoms with Crippen LogP contribution in [0.3, 0.4) is 0 Å². The van der Waals surface area contributed by atoms with Gasteiger partial charge in [0, 0.05) is 17.3 Å². The molecule has 20 heavy (non-hydrogen) atoms.